The van der Waals surface area contributed by atoms with Crippen molar-refractivity contribution in [2.24, 2.45) is 0 Å². The molecule has 0 aliphatic heterocycles. The first kappa shape index (κ1) is 36.5. The van der Waals surface area contributed by atoms with Crippen LogP contribution >= 0.6 is 11.3 Å². The van der Waals surface area contributed by atoms with E-state index in [1.807, 2.05) is 11.3 Å². The number of nitrogens with zero attached hydrogens (tertiary/aromatic N) is 2. The van der Waals surface area contributed by atoms with Gasteiger partial charge in [0.05, 0.1) is 22.1 Å². The minimum Gasteiger partial charge on any atom is -0.455 e. The van der Waals surface area contributed by atoms with Crippen LogP contribution in [0.15, 0.2) is 235 Å². The van der Waals surface area contributed by atoms with Crippen LogP contribution in [0.2, 0.25) is 0 Å². The number of anilines is 3. The molecule has 300 valence electrons. The molecule has 0 saturated heterocycles. The summed E-state index contributed by atoms with van der Waals surface area (Å²) in [6, 6.07) is 83.2. The zero-order valence-electron chi connectivity index (χ0n) is 34.7. The van der Waals surface area contributed by atoms with Gasteiger partial charge in [0.25, 0.3) is 0 Å². The molecule has 4 heteroatoms. The van der Waals surface area contributed by atoms with Crippen molar-refractivity contribution in [3.05, 3.63) is 231 Å². The Hall–Kier alpha value is -8.18. The fourth-order valence-electron chi connectivity index (χ4n) is 9.90. The predicted octanol–water partition coefficient (Wildman–Crippen LogP) is 17.5. The number of benzene rings is 10. The summed E-state index contributed by atoms with van der Waals surface area (Å²) in [6.07, 6.45) is 0. The molecule has 0 bridgehead atoms. The highest BCUT2D eigenvalue weighted by Gasteiger charge is 2.23. The first-order valence-corrected chi connectivity index (χ1v) is 22.6. The highest BCUT2D eigenvalue weighted by atomic mass is 32.1. The van der Waals surface area contributed by atoms with E-state index in [0.717, 1.165) is 55.8 Å². The Balaban J connectivity index is 0.995. The quantitative estimate of drug-likeness (QED) is 0.159. The molecule has 0 radical (unpaired) electrons. The molecule has 3 nitrogen and oxygen atoms in total. The zero-order valence-corrected chi connectivity index (χ0v) is 35.5. The maximum absolute atomic E-state index is 6.96. The van der Waals surface area contributed by atoms with Gasteiger partial charge in [-0.25, -0.2) is 0 Å². The Bertz CT molecular complexity index is 3840. The van der Waals surface area contributed by atoms with E-state index < -0.39 is 0 Å². The summed E-state index contributed by atoms with van der Waals surface area (Å²) in [5.41, 5.74) is 15.3. The van der Waals surface area contributed by atoms with Gasteiger partial charge >= 0.3 is 0 Å². The van der Waals surface area contributed by atoms with E-state index in [9.17, 15) is 0 Å². The van der Waals surface area contributed by atoms with Gasteiger partial charge in [-0.05, 0) is 107 Å². The van der Waals surface area contributed by atoms with Crippen molar-refractivity contribution in [2.45, 2.75) is 0 Å². The lowest BCUT2D eigenvalue weighted by Crippen LogP contribution is -2.10. The van der Waals surface area contributed by atoms with Crippen LogP contribution in [0.5, 0.6) is 0 Å². The number of furan rings is 1. The normalized spacial score (nSPS) is 11.8. The lowest BCUT2D eigenvalue weighted by atomic mass is 9.98. The molecule has 13 rings (SSSR count). The number of hydrogen-bond acceptors (Lipinski definition) is 3. The fraction of sp³-hybridized carbons (Fsp3) is 0. The number of fused-ring (bicyclic) bond motifs is 9. The molecule has 13 aromatic rings. The summed E-state index contributed by atoms with van der Waals surface area (Å²) < 4.78 is 12.0. The molecule has 0 spiro atoms. The average molecular weight is 835 g/mol. The predicted molar refractivity (Wildman–Crippen MR) is 272 cm³/mol. The summed E-state index contributed by atoms with van der Waals surface area (Å²) in [7, 11) is 0. The van der Waals surface area contributed by atoms with Crippen molar-refractivity contribution in [3.8, 4) is 39.1 Å². The second-order valence-electron chi connectivity index (χ2n) is 16.4. The number of para-hydroxylation sites is 3. The van der Waals surface area contributed by atoms with Gasteiger partial charge < -0.3 is 13.9 Å². The van der Waals surface area contributed by atoms with Gasteiger partial charge in [-0.15, -0.1) is 11.3 Å². The molecule has 0 amide bonds. The van der Waals surface area contributed by atoms with Crippen LogP contribution in [0, 0.1) is 0 Å². The van der Waals surface area contributed by atoms with Crippen LogP contribution in [0.4, 0.5) is 17.1 Å². The van der Waals surface area contributed by atoms with E-state index >= 15 is 0 Å². The zero-order chi connectivity index (χ0) is 42.1. The Morgan fingerprint density at radius 1 is 0.375 bits per heavy atom. The van der Waals surface area contributed by atoms with E-state index in [-0.39, 0.29) is 0 Å². The average Bonchev–Trinajstić information content (AvgIpc) is 4.05. The monoisotopic (exact) mass is 834 g/mol. The van der Waals surface area contributed by atoms with E-state index in [1.165, 1.54) is 64.2 Å². The summed E-state index contributed by atoms with van der Waals surface area (Å²) in [5, 5.41) is 7.25. The van der Waals surface area contributed by atoms with Crippen molar-refractivity contribution >= 4 is 92.3 Å². The van der Waals surface area contributed by atoms with Crippen molar-refractivity contribution in [1.29, 1.82) is 0 Å². The third-order valence-corrected chi connectivity index (χ3v) is 13.9. The second kappa shape index (κ2) is 14.7. The molecule has 3 aromatic heterocycles. The lowest BCUT2D eigenvalue weighted by molar-refractivity contribution is 0.670. The van der Waals surface area contributed by atoms with Crippen LogP contribution in [-0.2, 0) is 0 Å². The molecule has 0 aliphatic rings. The molecule has 10 aromatic carbocycles. The molecule has 0 saturated carbocycles. The summed E-state index contributed by atoms with van der Waals surface area (Å²) >= 11 is 1.86. The Morgan fingerprint density at radius 3 is 1.70 bits per heavy atom. The van der Waals surface area contributed by atoms with E-state index in [0.29, 0.717) is 0 Å². The van der Waals surface area contributed by atoms with E-state index in [1.54, 1.807) is 0 Å². The third-order valence-electron chi connectivity index (χ3n) is 12.8. The van der Waals surface area contributed by atoms with Gasteiger partial charge in [0.2, 0.25) is 0 Å². The van der Waals surface area contributed by atoms with Gasteiger partial charge in [-0.1, -0.05) is 152 Å². The number of rotatable bonds is 7. The highest BCUT2D eigenvalue weighted by molar-refractivity contribution is 7.25. The van der Waals surface area contributed by atoms with Gasteiger partial charge in [0, 0.05) is 59.0 Å². The van der Waals surface area contributed by atoms with Crippen LogP contribution in [0.1, 0.15) is 0 Å². The Morgan fingerprint density at radius 2 is 0.953 bits per heavy atom. The molecule has 64 heavy (non-hydrogen) atoms. The maximum atomic E-state index is 6.96. The number of thiophene rings is 1. The van der Waals surface area contributed by atoms with E-state index in [2.05, 4.69) is 240 Å². The molecular weight excluding hydrogens is 797 g/mol. The summed E-state index contributed by atoms with van der Waals surface area (Å²) in [5.74, 6) is 0. The topological polar surface area (TPSA) is 21.3 Å². The Labute approximate surface area is 373 Å². The summed E-state index contributed by atoms with van der Waals surface area (Å²) in [6.45, 7) is 0. The third kappa shape index (κ3) is 5.81. The molecule has 3 heterocycles. The molecule has 0 fully saturated rings. The van der Waals surface area contributed by atoms with Crippen molar-refractivity contribution in [1.82, 2.24) is 4.57 Å². The summed E-state index contributed by atoms with van der Waals surface area (Å²) in [4.78, 5) is 2.39. The van der Waals surface area contributed by atoms with Crippen LogP contribution in [0.25, 0.3) is 103 Å². The number of aromatic nitrogens is 1. The van der Waals surface area contributed by atoms with Crippen LogP contribution in [-0.4, -0.2) is 4.57 Å². The highest BCUT2D eigenvalue weighted by Crippen LogP contribution is 2.48. The van der Waals surface area contributed by atoms with Gasteiger partial charge in [0.1, 0.15) is 11.2 Å². The smallest absolute Gasteiger partial charge is 0.145 e. The van der Waals surface area contributed by atoms with Crippen molar-refractivity contribution in [3.63, 3.8) is 0 Å². The second-order valence-corrected chi connectivity index (χ2v) is 17.5. The lowest BCUT2D eigenvalue weighted by Gasteiger charge is -2.27. The van der Waals surface area contributed by atoms with Crippen molar-refractivity contribution < 1.29 is 4.42 Å². The SMILES string of the molecule is c1ccc(-c2ccc(N(c3ccc(-c4cccc5sc6ccccc6c45)cc3)c3ccc(-c4cccc(-n5c6ccccc6c6ccccc65)c4)c4oc5ccccc5c34)cc2)cc1. The first-order valence-electron chi connectivity index (χ1n) is 21.7. The minimum absolute atomic E-state index is 0.857. The fourth-order valence-corrected chi connectivity index (χ4v) is 11.0. The standard InChI is InChI=1S/C60H38N2OS/c1-2-14-39(15-3-1)40-28-32-43(33-29-40)61(44-34-30-41(31-35-44)46-22-13-27-57-58(46)51-21-7-11-26-56(51)64-57)54-37-36-47(60-59(54)50-20-6-10-25-55(50)63-60)42-16-12-17-45(38-42)62-52-23-8-4-18-48(52)49-19-5-9-24-53(49)62/h1-38H. The van der Waals surface area contributed by atoms with Gasteiger partial charge in [-0.3, -0.25) is 0 Å². The molecule has 0 unspecified atom stereocenters. The van der Waals surface area contributed by atoms with Crippen molar-refractivity contribution in [2.75, 3.05) is 4.90 Å². The van der Waals surface area contributed by atoms with Gasteiger partial charge in [0.15, 0.2) is 0 Å². The van der Waals surface area contributed by atoms with Gasteiger partial charge in [-0.2, -0.15) is 0 Å². The van der Waals surface area contributed by atoms with Crippen LogP contribution < -0.4 is 4.90 Å². The maximum Gasteiger partial charge on any atom is 0.145 e. The number of hydrogen-bond donors (Lipinski definition) is 0. The van der Waals surface area contributed by atoms with Crippen LogP contribution in [0.3, 0.4) is 0 Å². The molecule has 0 aliphatic carbocycles. The van der Waals surface area contributed by atoms with E-state index in [4.69, 9.17) is 4.42 Å². The largest absolute Gasteiger partial charge is 0.455 e. The Kier molecular flexibility index (Phi) is 8.40. The molecule has 0 N–H and O–H groups in total. The first-order chi connectivity index (χ1) is 31.7. The molecule has 0 atom stereocenters. The minimum atomic E-state index is 0.857. The molecular formula is C60H38N2OS.